The zero-order valence-corrected chi connectivity index (χ0v) is 12.7. The van der Waals surface area contributed by atoms with Gasteiger partial charge in [0, 0.05) is 11.8 Å². The highest BCUT2D eigenvalue weighted by Gasteiger charge is 2.46. The number of aliphatic hydroxyl groups excluding tert-OH is 3. The minimum atomic E-state index is -1.24. The molecule has 0 bridgehead atoms. The summed E-state index contributed by atoms with van der Waals surface area (Å²) in [6, 6.07) is -0.813. The van der Waals surface area contributed by atoms with Crippen molar-refractivity contribution in [1.82, 2.24) is 24.5 Å². The molecule has 0 aliphatic carbocycles. The zero-order chi connectivity index (χ0) is 17.4. The van der Waals surface area contributed by atoms with E-state index in [1.165, 1.54) is 24.0 Å². The van der Waals surface area contributed by atoms with E-state index in [9.17, 15) is 19.8 Å². The average molecular weight is 339 g/mol. The molecule has 1 aliphatic heterocycles. The van der Waals surface area contributed by atoms with Crippen molar-refractivity contribution in [3.05, 3.63) is 44.5 Å². The van der Waals surface area contributed by atoms with Crippen LogP contribution in [-0.4, -0.2) is 58.7 Å². The second kappa shape index (κ2) is 6.28. The highest BCUT2D eigenvalue weighted by Crippen LogP contribution is 2.36. The first-order chi connectivity index (χ1) is 11.5. The van der Waals surface area contributed by atoms with E-state index in [-0.39, 0.29) is 12.2 Å². The summed E-state index contributed by atoms with van der Waals surface area (Å²) in [5.74, 6) is 0. The maximum absolute atomic E-state index is 12.0. The lowest BCUT2D eigenvalue weighted by Crippen LogP contribution is -2.37. The van der Waals surface area contributed by atoms with Crippen LogP contribution in [0.4, 0.5) is 0 Å². The summed E-state index contributed by atoms with van der Waals surface area (Å²) >= 11 is 0. The third-order valence-electron chi connectivity index (χ3n) is 3.96. The zero-order valence-electron chi connectivity index (χ0n) is 12.7. The molecule has 130 valence electrons. The molecule has 1 aliphatic rings. The Morgan fingerprint density at radius 3 is 2.71 bits per heavy atom. The number of aryl methyl sites for hydroxylation is 1. The van der Waals surface area contributed by atoms with Gasteiger partial charge in [-0.1, -0.05) is 5.21 Å². The Morgan fingerprint density at radius 1 is 1.33 bits per heavy atom. The largest absolute Gasteiger partial charge is 0.394 e. The van der Waals surface area contributed by atoms with Gasteiger partial charge in [0.2, 0.25) is 0 Å². The Kier molecular flexibility index (Phi) is 4.32. The molecule has 11 nitrogen and oxygen atoms in total. The van der Waals surface area contributed by atoms with Crippen LogP contribution in [0.5, 0.6) is 0 Å². The van der Waals surface area contributed by atoms with Crippen molar-refractivity contribution in [1.29, 1.82) is 0 Å². The molecule has 1 fully saturated rings. The molecule has 0 aromatic carbocycles. The van der Waals surface area contributed by atoms with Gasteiger partial charge in [0.25, 0.3) is 5.56 Å². The number of H-pyrrole nitrogens is 1. The fourth-order valence-electron chi connectivity index (χ4n) is 2.74. The van der Waals surface area contributed by atoms with Crippen LogP contribution in [0.25, 0.3) is 0 Å². The first-order valence-corrected chi connectivity index (χ1v) is 7.24. The summed E-state index contributed by atoms with van der Waals surface area (Å²) in [7, 11) is 0. The molecule has 3 rings (SSSR count). The van der Waals surface area contributed by atoms with Gasteiger partial charge < -0.3 is 20.1 Å². The van der Waals surface area contributed by atoms with Gasteiger partial charge >= 0.3 is 5.69 Å². The van der Waals surface area contributed by atoms with Crippen LogP contribution in [0, 0.1) is 6.92 Å². The summed E-state index contributed by atoms with van der Waals surface area (Å²) in [5, 5.41) is 36.7. The van der Waals surface area contributed by atoms with Crippen LogP contribution in [0.2, 0.25) is 0 Å². The summed E-state index contributed by atoms with van der Waals surface area (Å²) in [6.45, 7) is 0.765. The number of hydrogen-bond acceptors (Lipinski definition) is 8. The topological polar surface area (TPSA) is 155 Å². The first-order valence-electron chi connectivity index (χ1n) is 7.24. The summed E-state index contributed by atoms with van der Waals surface area (Å²) in [4.78, 5) is 25.6. The number of nitrogens with one attached hydrogen (secondary N) is 1. The van der Waals surface area contributed by atoms with E-state index in [2.05, 4.69) is 15.3 Å². The van der Waals surface area contributed by atoms with Crippen molar-refractivity contribution in [2.45, 2.75) is 38.0 Å². The van der Waals surface area contributed by atoms with E-state index in [1.54, 1.807) is 0 Å². The van der Waals surface area contributed by atoms with E-state index in [4.69, 9.17) is 9.84 Å². The number of nitrogens with zero attached hydrogens (tertiary/aromatic N) is 4. The normalized spacial score (nSPS) is 26.8. The molecule has 2 aromatic heterocycles. The second-order valence-corrected chi connectivity index (χ2v) is 5.56. The molecule has 0 unspecified atom stereocenters. The number of hydrogen-bond donors (Lipinski definition) is 4. The van der Waals surface area contributed by atoms with Gasteiger partial charge in [-0.05, 0) is 6.92 Å². The predicted molar refractivity (Wildman–Crippen MR) is 78.0 cm³/mol. The molecule has 11 heteroatoms. The Balaban J connectivity index is 1.99. The van der Waals surface area contributed by atoms with Gasteiger partial charge in [-0.3, -0.25) is 14.3 Å². The molecule has 1 saturated heterocycles. The Morgan fingerprint density at radius 2 is 2.08 bits per heavy atom. The summed E-state index contributed by atoms with van der Waals surface area (Å²) in [5.41, 5.74) is -0.693. The van der Waals surface area contributed by atoms with Crippen LogP contribution in [0.1, 0.15) is 23.5 Å². The average Bonchev–Trinajstić information content (AvgIpc) is 3.15. The van der Waals surface area contributed by atoms with E-state index in [0.717, 1.165) is 4.57 Å². The molecule has 3 heterocycles. The van der Waals surface area contributed by atoms with Crippen molar-refractivity contribution in [3.8, 4) is 0 Å². The first kappa shape index (κ1) is 16.5. The van der Waals surface area contributed by atoms with E-state index < -0.39 is 42.3 Å². The third-order valence-corrected chi connectivity index (χ3v) is 3.96. The smallest absolute Gasteiger partial charge is 0.330 e. The Bertz CT molecular complexity index is 842. The van der Waals surface area contributed by atoms with Crippen molar-refractivity contribution >= 4 is 0 Å². The monoisotopic (exact) mass is 339 g/mol. The lowest BCUT2D eigenvalue weighted by Gasteiger charge is -2.19. The van der Waals surface area contributed by atoms with Gasteiger partial charge in [-0.2, -0.15) is 0 Å². The standard InChI is InChI=1S/C13H17N5O6/c1-6-2-17(13(23)14-11(6)22)12-10(21)9(8(5-20)24-12)18-3-7(4-19)15-16-18/h2-3,8-10,12,19-21H,4-5H2,1H3,(H,14,22,23)/t8-,9-,10-,12-/m1/s1. The van der Waals surface area contributed by atoms with Crippen molar-refractivity contribution < 1.29 is 20.1 Å². The highest BCUT2D eigenvalue weighted by molar-refractivity contribution is 5.04. The van der Waals surface area contributed by atoms with Gasteiger partial charge in [0.1, 0.15) is 23.9 Å². The van der Waals surface area contributed by atoms with E-state index in [0.29, 0.717) is 5.69 Å². The van der Waals surface area contributed by atoms with Crippen LogP contribution in [0.3, 0.4) is 0 Å². The highest BCUT2D eigenvalue weighted by atomic mass is 16.5. The van der Waals surface area contributed by atoms with Gasteiger partial charge in [0.05, 0.1) is 19.4 Å². The van der Waals surface area contributed by atoms with E-state index in [1.807, 2.05) is 0 Å². The van der Waals surface area contributed by atoms with Crippen molar-refractivity contribution in [2.24, 2.45) is 0 Å². The van der Waals surface area contributed by atoms with Crippen LogP contribution in [0.15, 0.2) is 22.0 Å². The summed E-state index contributed by atoms with van der Waals surface area (Å²) < 4.78 is 7.93. The molecule has 4 N–H and O–H groups in total. The number of ether oxygens (including phenoxy) is 1. The van der Waals surface area contributed by atoms with Gasteiger partial charge in [-0.25, -0.2) is 9.48 Å². The SMILES string of the molecule is Cc1cn([C@@H]2O[C@H](CO)[C@@H](n3cc(CO)nn3)[C@H]2O)c(=O)[nH]c1=O. The fourth-order valence-corrected chi connectivity index (χ4v) is 2.74. The number of rotatable bonds is 4. The van der Waals surface area contributed by atoms with Crippen molar-refractivity contribution in [2.75, 3.05) is 6.61 Å². The van der Waals surface area contributed by atoms with Crippen molar-refractivity contribution in [3.63, 3.8) is 0 Å². The van der Waals surface area contributed by atoms with Gasteiger partial charge in [0.15, 0.2) is 6.23 Å². The lowest BCUT2D eigenvalue weighted by molar-refractivity contribution is -0.0536. The second-order valence-electron chi connectivity index (χ2n) is 5.56. The molecular formula is C13H17N5O6. The van der Waals surface area contributed by atoms with Crippen LogP contribution >= 0.6 is 0 Å². The van der Waals surface area contributed by atoms with Crippen LogP contribution in [-0.2, 0) is 11.3 Å². The van der Waals surface area contributed by atoms with E-state index >= 15 is 0 Å². The minimum Gasteiger partial charge on any atom is -0.394 e. The maximum atomic E-state index is 12.0. The van der Waals surface area contributed by atoms with Crippen LogP contribution < -0.4 is 11.2 Å². The predicted octanol–water partition coefficient (Wildman–Crippen LogP) is -2.58. The molecular weight excluding hydrogens is 322 g/mol. The van der Waals surface area contributed by atoms with Gasteiger partial charge in [-0.15, -0.1) is 5.10 Å². The molecule has 2 aromatic rings. The lowest BCUT2D eigenvalue weighted by atomic mass is 10.1. The number of aromatic nitrogens is 5. The summed E-state index contributed by atoms with van der Waals surface area (Å²) in [6.07, 6.45) is -0.497. The Labute approximate surface area is 134 Å². The molecule has 24 heavy (non-hydrogen) atoms. The maximum Gasteiger partial charge on any atom is 0.330 e. The minimum absolute atomic E-state index is 0.276. The fraction of sp³-hybridized carbons (Fsp3) is 0.538. The molecule has 0 saturated carbocycles. The Hall–Kier alpha value is -2.34. The molecule has 0 amide bonds. The number of aromatic amines is 1. The molecule has 4 atom stereocenters. The third kappa shape index (κ3) is 2.67. The molecule has 0 spiro atoms. The molecule has 0 radical (unpaired) electrons. The quantitative estimate of drug-likeness (QED) is 0.473. The number of aliphatic hydroxyl groups is 3.